The average Bonchev–Trinajstić information content (AvgIpc) is 2.25. The summed E-state index contributed by atoms with van der Waals surface area (Å²) < 4.78 is 13.7. The minimum atomic E-state index is -0.944. The molecule has 0 aromatic heterocycles. The lowest BCUT2D eigenvalue weighted by atomic mass is 9.80. The Balaban J connectivity index is 3.02. The highest BCUT2D eigenvalue weighted by Crippen LogP contribution is 2.31. The van der Waals surface area contributed by atoms with Crippen molar-refractivity contribution >= 4 is 17.6 Å². The fourth-order valence-electron chi connectivity index (χ4n) is 1.93. The third kappa shape index (κ3) is 3.19. The van der Waals surface area contributed by atoms with Crippen LogP contribution in [-0.2, 0) is 11.2 Å². The summed E-state index contributed by atoms with van der Waals surface area (Å²) in [4.78, 5) is 11.3. The molecule has 17 heavy (non-hydrogen) atoms. The van der Waals surface area contributed by atoms with Gasteiger partial charge >= 0.3 is 5.97 Å². The quantitative estimate of drug-likeness (QED) is 0.869. The van der Waals surface area contributed by atoms with E-state index >= 15 is 0 Å². The molecule has 0 amide bonds. The number of halogens is 2. The molecule has 4 heteroatoms. The fourth-order valence-corrected chi connectivity index (χ4v) is 2.12. The first kappa shape index (κ1) is 14.0. The van der Waals surface area contributed by atoms with Crippen LogP contribution in [0.15, 0.2) is 18.2 Å². The van der Waals surface area contributed by atoms with E-state index in [9.17, 15) is 14.3 Å². The van der Waals surface area contributed by atoms with Gasteiger partial charge in [-0.1, -0.05) is 37.1 Å². The smallest absolute Gasteiger partial charge is 0.309 e. The molecule has 1 aromatic carbocycles. The van der Waals surface area contributed by atoms with Gasteiger partial charge in [0, 0.05) is 0 Å². The summed E-state index contributed by atoms with van der Waals surface area (Å²) in [5, 5.41) is 9.26. The van der Waals surface area contributed by atoms with Crippen molar-refractivity contribution in [1.82, 2.24) is 0 Å². The molecule has 1 aromatic rings. The van der Waals surface area contributed by atoms with Crippen molar-refractivity contribution in [3.05, 3.63) is 34.6 Å². The predicted octanol–water partition coefficient (Wildman–Crippen LogP) is 3.91. The summed E-state index contributed by atoms with van der Waals surface area (Å²) in [5.74, 6) is -1.42. The van der Waals surface area contributed by atoms with Crippen LogP contribution in [0, 0.1) is 11.2 Å². The largest absolute Gasteiger partial charge is 0.481 e. The van der Waals surface area contributed by atoms with E-state index in [1.54, 1.807) is 19.1 Å². The van der Waals surface area contributed by atoms with Gasteiger partial charge in [0.1, 0.15) is 5.82 Å². The number of carboxylic acids is 1. The molecule has 0 bridgehead atoms. The number of rotatable bonds is 5. The molecular formula is C13H16ClFO2. The molecule has 1 rings (SSSR count). The fraction of sp³-hybridized carbons (Fsp3) is 0.462. The summed E-state index contributed by atoms with van der Waals surface area (Å²) in [7, 11) is 0. The van der Waals surface area contributed by atoms with Gasteiger partial charge in [-0.15, -0.1) is 0 Å². The highest BCUT2D eigenvalue weighted by Gasteiger charge is 2.33. The lowest BCUT2D eigenvalue weighted by Crippen LogP contribution is -2.30. The van der Waals surface area contributed by atoms with Crippen molar-refractivity contribution in [3.8, 4) is 0 Å². The summed E-state index contributed by atoms with van der Waals surface area (Å²) >= 11 is 5.68. The van der Waals surface area contributed by atoms with E-state index in [0.717, 1.165) is 6.42 Å². The molecule has 0 aliphatic carbocycles. The highest BCUT2D eigenvalue weighted by molar-refractivity contribution is 6.30. The Bertz CT molecular complexity index is 420. The third-order valence-corrected chi connectivity index (χ3v) is 3.22. The zero-order valence-electron chi connectivity index (χ0n) is 9.96. The summed E-state index contributed by atoms with van der Waals surface area (Å²) in [5.41, 5.74) is -0.587. The van der Waals surface area contributed by atoms with Crippen LogP contribution in [0.4, 0.5) is 4.39 Å². The lowest BCUT2D eigenvalue weighted by molar-refractivity contribution is -0.148. The molecule has 1 atom stereocenters. The number of hydrogen-bond acceptors (Lipinski definition) is 1. The van der Waals surface area contributed by atoms with Crippen LogP contribution in [0.5, 0.6) is 0 Å². The maximum Gasteiger partial charge on any atom is 0.309 e. The number of aliphatic carboxylic acids is 1. The Labute approximate surface area is 105 Å². The van der Waals surface area contributed by atoms with Crippen molar-refractivity contribution in [2.75, 3.05) is 0 Å². The molecular weight excluding hydrogens is 243 g/mol. The first-order valence-corrected chi connectivity index (χ1v) is 5.95. The van der Waals surface area contributed by atoms with Crippen LogP contribution >= 0.6 is 11.6 Å². The van der Waals surface area contributed by atoms with Gasteiger partial charge in [-0.3, -0.25) is 4.79 Å². The van der Waals surface area contributed by atoms with Gasteiger partial charge in [0.15, 0.2) is 0 Å². The van der Waals surface area contributed by atoms with Gasteiger partial charge in [0.2, 0.25) is 0 Å². The van der Waals surface area contributed by atoms with Gasteiger partial charge in [0.25, 0.3) is 0 Å². The van der Waals surface area contributed by atoms with Crippen molar-refractivity contribution in [2.45, 2.75) is 33.1 Å². The number of hydrogen-bond donors (Lipinski definition) is 1. The second-order valence-corrected chi connectivity index (χ2v) is 4.91. The van der Waals surface area contributed by atoms with Crippen LogP contribution in [-0.4, -0.2) is 11.1 Å². The Hall–Kier alpha value is -1.09. The van der Waals surface area contributed by atoms with Gasteiger partial charge in [-0.2, -0.15) is 0 Å². The zero-order chi connectivity index (χ0) is 13.1. The minimum absolute atomic E-state index is 0.0340. The monoisotopic (exact) mass is 258 g/mol. The van der Waals surface area contributed by atoms with Crippen LogP contribution in [0.1, 0.15) is 32.3 Å². The van der Waals surface area contributed by atoms with Crippen molar-refractivity contribution in [1.29, 1.82) is 0 Å². The van der Waals surface area contributed by atoms with Gasteiger partial charge in [0.05, 0.1) is 10.4 Å². The third-order valence-electron chi connectivity index (χ3n) is 2.93. The highest BCUT2D eigenvalue weighted by atomic mass is 35.5. The van der Waals surface area contributed by atoms with E-state index in [1.807, 2.05) is 6.92 Å². The van der Waals surface area contributed by atoms with Crippen molar-refractivity contribution < 1.29 is 14.3 Å². The number of benzene rings is 1. The number of carbonyl (C=O) groups is 1. The van der Waals surface area contributed by atoms with Crippen molar-refractivity contribution in [3.63, 3.8) is 0 Å². The maximum absolute atomic E-state index is 13.7. The zero-order valence-corrected chi connectivity index (χ0v) is 10.7. The normalized spacial score (nSPS) is 14.4. The Kier molecular flexibility index (Phi) is 4.52. The molecule has 1 unspecified atom stereocenters. The van der Waals surface area contributed by atoms with E-state index in [4.69, 9.17) is 11.6 Å². The molecule has 0 fully saturated rings. The molecule has 0 heterocycles. The molecule has 0 saturated carbocycles. The first-order chi connectivity index (χ1) is 7.90. The van der Waals surface area contributed by atoms with Crippen molar-refractivity contribution in [2.24, 2.45) is 5.41 Å². The second kappa shape index (κ2) is 5.50. The topological polar surface area (TPSA) is 37.3 Å². The van der Waals surface area contributed by atoms with E-state index < -0.39 is 17.2 Å². The Morgan fingerprint density at radius 1 is 1.53 bits per heavy atom. The molecule has 1 N–H and O–H groups in total. The summed E-state index contributed by atoms with van der Waals surface area (Å²) in [6.07, 6.45) is 1.40. The van der Waals surface area contributed by atoms with Crippen LogP contribution in [0.25, 0.3) is 0 Å². The van der Waals surface area contributed by atoms with E-state index in [2.05, 4.69) is 0 Å². The molecule has 0 aliphatic rings. The lowest BCUT2D eigenvalue weighted by Gasteiger charge is -2.24. The standard InChI is InChI=1S/C13H16ClFO2/c1-3-7-13(2,12(16)17)8-9-5-4-6-10(14)11(9)15/h4-6H,3,7-8H2,1-2H3,(H,16,17). The van der Waals surface area contributed by atoms with Gasteiger partial charge in [-0.05, 0) is 31.4 Å². The maximum atomic E-state index is 13.7. The average molecular weight is 259 g/mol. The molecule has 0 spiro atoms. The SMILES string of the molecule is CCCC(C)(Cc1cccc(Cl)c1F)C(=O)O. The summed E-state index contributed by atoms with van der Waals surface area (Å²) in [6, 6.07) is 4.67. The Morgan fingerprint density at radius 3 is 2.71 bits per heavy atom. The molecule has 2 nitrogen and oxygen atoms in total. The molecule has 0 radical (unpaired) electrons. The second-order valence-electron chi connectivity index (χ2n) is 4.51. The molecule has 94 valence electrons. The van der Waals surface area contributed by atoms with Crippen LogP contribution in [0.3, 0.4) is 0 Å². The Morgan fingerprint density at radius 2 is 2.18 bits per heavy atom. The van der Waals surface area contributed by atoms with E-state index in [1.165, 1.54) is 6.07 Å². The number of carboxylic acid groups (broad SMARTS) is 1. The molecule has 0 saturated heterocycles. The summed E-state index contributed by atoms with van der Waals surface area (Å²) in [6.45, 7) is 3.55. The van der Waals surface area contributed by atoms with E-state index in [-0.39, 0.29) is 11.4 Å². The molecule has 0 aliphatic heterocycles. The predicted molar refractivity (Wildman–Crippen MR) is 65.8 cm³/mol. The minimum Gasteiger partial charge on any atom is -0.481 e. The van der Waals surface area contributed by atoms with Crippen LogP contribution in [0.2, 0.25) is 5.02 Å². The van der Waals surface area contributed by atoms with E-state index in [0.29, 0.717) is 12.0 Å². The first-order valence-electron chi connectivity index (χ1n) is 5.57. The van der Waals surface area contributed by atoms with Crippen LogP contribution < -0.4 is 0 Å². The van der Waals surface area contributed by atoms with Gasteiger partial charge in [-0.25, -0.2) is 4.39 Å². The van der Waals surface area contributed by atoms with Gasteiger partial charge < -0.3 is 5.11 Å².